The minimum atomic E-state index is 0.0696. The molecule has 5 rings (SSSR count). The number of carbonyl (C=O) groups is 1. The third-order valence-corrected chi connectivity index (χ3v) is 6.17. The number of piperazine rings is 1. The lowest BCUT2D eigenvalue weighted by molar-refractivity contribution is 0.0746. The van der Waals surface area contributed by atoms with Crippen LogP contribution in [-0.2, 0) is 0 Å². The van der Waals surface area contributed by atoms with Crippen molar-refractivity contribution in [3.05, 3.63) is 96.6 Å². The Kier molecular flexibility index (Phi) is 6.21. The van der Waals surface area contributed by atoms with Crippen LogP contribution in [0.5, 0.6) is 5.75 Å². The number of methoxy groups -OCH3 is 1. The number of nitrogens with zero attached hydrogens (tertiary/aromatic N) is 4. The molecule has 0 unspecified atom stereocenters. The van der Waals surface area contributed by atoms with Gasteiger partial charge in [0.25, 0.3) is 5.91 Å². The van der Waals surface area contributed by atoms with Gasteiger partial charge in [0.2, 0.25) is 0 Å². The van der Waals surface area contributed by atoms with Gasteiger partial charge in [-0.3, -0.25) is 4.79 Å². The summed E-state index contributed by atoms with van der Waals surface area (Å²) in [6.45, 7) is 2.76. The summed E-state index contributed by atoms with van der Waals surface area (Å²) >= 11 is 0. The zero-order valence-electron chi connectivity index (χ0n) is 19.1. The molecule has 3 aromatic carbocycles. The highest BCUT2D eigenvalue weighted by atomic mass is 16.5. The van der Waals surface area contributed by atoms with E-state index >= 15 is 0 Å². The number of anilines is 1. The zero-order valence-corrected chi connectivity index (χ0v) is 19.1. The van der Waals surface area contributed by atoms with Crippen molar-refractivity contribution in [1.82, 2.24) is 15.1 Å². The molecular formula is C28H26N4O2. The average molecular weight is 451 g/mol. The number of aromatic nitrogens is 2. The van der Waals surface area contributed by atoms with Crippen molar-refractivity contribution in [3.63, 3.8) is 0 Å². The van der Waals surface area contributed by atoms with Crippen molar-refractivity contribution < 1.29 is 9.53 Å². The van der Waals surface area contributed by atoms with Crippen LogP contribution in [0.3, 0.4) is 0 Å². The number of ether oxygens (including phenoxy) is 1. The molecule has 1 aliphatic heterocycles. The quantitative estimate of drug-likeness (QED) is 0.438. The van der Waals surface area contributed by atoms with Gasteiger partial charge in [-0.05, 0) is 59.7 Å². The van der Waals surface area contributed by atoms with Gasteiger partial charge in [-0.2, -0.15) is 0 Å². The molecule has 4 aromatic rings. The predicted octanol–water partition coefficient (Wildman–Crippen LogP) is 4.78. The van der Waals surface area contributed by atoms with Crippen molar-refractivity contribution >= 4 is 11.7 Å². The molecule has 0 N–H and O–H groups in total. The van der Waals surface area contributed by atoms with Gasteiger partial charge < -0.3 is 14.5 Å². The lowest BCUT2D eigenvalue weighted by Crippen LogP contribution is -2.49. The minimum Gasteiger partial charge on any atom is -0.497 e. The van der Waals surface area contributed by atoms with Gasteiger partial charge in [-0.25, -0.2) is 0 Å². The van der Waals surface area contributed by atoms with Gasteiger partial charge in [-0.15, -0.1) is 10.2 Å². The lowest BCUT2D eigenvalue weighted by atomic mass is 10.0. The Hall–Kier alpha value is -4.19. The molecule has 0 atom stereocenters. The lowest BCUT2D eigenvalue weighted by Gasteiger charge is -2.35. The summed E-state index contributed by atoms with van der Waals surface area (Å²) in [6, 6.07) is 29.8. The topological polar surface area (TPSA) is 58.6 Å². The Morgan fingerprint density at radius 3 is 1.97 bits per heavy atom. The van der Waals surface area contributed by atoms with Crippen LogP contribution in [0.2, 0.25) is 0 Å². The molecule has 0 aliphatic carbocycles. The van der Waals surface area contributed by atoms with Gasteiger partial charge in [0.15, 0.2) is 5.82 Å². The Morgan fingerprint density at radius 2 is 1.35 bits per heavy atom. The molecule has 0 radical (unpaired) electrons. The molecule has 1 fully saturated rings. The highest BCUT2D eigenvalue weighted by molar-refractivity contribution is 5.95. The smallest absolute Gasteiger partial charge is 0.253 e. The second-order valence-electron chi connectivity index (χ2n) is 8.23. The van der Waals surface area contributed by atoms with Gasteiger partial charge >= 0.3 is 0 Å². The first-order chi connectivity index (χ1) is 16.7. The van der Waals surface area contributed by atoms with Gasteiger partial charge in [0, 0.05) is 37.3 Å². The molecule has 1 aliphatic rings. The maximum absolute atomic E-state index is 13.0. The molecule has 1 saturated heterocycles. The highest BCUT2D eigenvalue weighted by Crippen LogP contribution is 2.23. The van der Waals surface area contributed by atoms with Crippen LogP contribution in [0.1, 0.15) is 10.4 Å². The molecule has 34 heavy (non-hydrogen) atoms. The van der Waals surface area contributed by atoms with E-state index in [1.54, 1.807) is 7.11 Å². The second kappa shape index (κ2) is 9.75. The fraction of sp³-hybridized carbons (Fsp3) is 0.179. The molecule has 1 aromatic heterocycles. The van der Waals surface area contributed by atoms with Crippen molar-refractivity contribution in [2.75, 3.05) is 38.2 Å². The first-order valence-corrected chi connectivity index (χ1v) is 11.4. The molecule has 2 heterocycles. The summed E-state index contributed by atoms with van der Waals surface area (Å²) in [5.41, 5.74) is 4.79. The van der Waals surface area contributed by atoms with E-state index in [1.165, 1.54) is 0 Å². The van der Waals surface area contributed by atoms with Crippen LogP contribution in [-0.4, -0.2) is 54.3 Å². The minimum absolute atomic E-state index is 0.0696. The van der Waals surface area contributed by atoms with E-state index < -0.39 is 0 Å². The van der Waals surface area contributed by atoms with E-state index in [-0.39, 0.29) is 5.91 Å². The van der Waals surface area contributed by atoms with Crippen LogP contribution in [0.4, 0.5) is 5.82 Å². The first kappa shape index (κ1) is 21.6. The van der Waals surface area contributed by atoms with Crippen LogP contribution < -0.4 is 9.64 Å². The van der Waals surface area contributed by atoms with Crippen LogP contribution in [0, 0.1) is 0 Å². The van der Waals surface area contributed by atoms with E-state index in [9.17, 15) is 4.79 Å². The Balaban J connectivity index is 1.19. The van der Waals surface area contributed by atoms with E-state index in [4.69, 9.17) is 4.74 Å². The summed E-state index contributed by atoms with van der Waals surface area (Å²) in [5.74, 6) is 1.71. The van der Waals surface area contributed by atoms with Crippen molar-refractivity contribution in [2.24, 2.45) is 0 Å². The second-order valence-corrected chi connectivity index (χ2v) is 8.23. The number of benzene rings is 3. The standard InChI is InChI=1S/C28H26N4O2/c1-34-25-13-11-23(12-14-25)26-15-16-27(30-29-26)31-17-19-32(20-18-31)28(33)24-9-7-22(8-10-24)21-5-3-2-4-6-21/h2-16H,17-20H2,1H3. The summed E-state index contributed by atoms with van der Waals surface area (Å²) in [6.07, 6.45) is 0. The summed E-state index contributed by atoms with van der Waals surface area (Å²) in [5, 5.41) is 8.83. The molecule has 1 amide bonds. The first-order valence-electron chi connectivity index (χ1n) is 11.4. The fourth-order valence-corrected chi connectivity index (χ4v) is 4.17. The number of carbonyl (C=O) groups excluding carboxylic acids is 1. The van der Waals surface area contributed by atoms with Gasteiger partial charge in [0.05, 0.1) is 12.8 Å². The number of hydrogen-bond donors (Lipinski definition) is 0. The normalized spacial score (nSPS) is 13.6. The largest absolute Gasteiger partial charge is 0.497 e. The highest BCUT2D eigenvalue weighted by Gasteiger charge is 2.23. The third-order valence-electron chi connectivity index (χ3n) is 6.17. The van der Waals surface area contributed by atoms with Crippen molar-refractivity contribution in [2.45, 2.75) is 0 Å². The van der Waals surface area contributed by atoms with Crippen LogP contribution >= 0.6 is 0 Å². The Morgan fingerprint density at radius 1 is 0.706 bits per heavy atom. The Bertz CT molecular complexity index is 1230. The van der Waals surface area contributed by atoms with Gasteiger partial charge in [0.1, 0.15) is 5.75 Å². The molecule has 6 heteroatoms. The molecule has 6 nitrogen and oxygen atoms in total. The van der Waals surface area contributed by atoms with Crippen LogP contribution in [0.25, 0.3) is 22.4 Å². The number of amides is 1. The molecular weight excluding hydrogens is 424 g/mol. The summed E-state index contributed by atoms with van der Waals surface area (Å²) in [7, 11) is 1.65. The summed E-state index contributed by atoms with van der Waals surface area (Å²) in [4.78, 5) is 17.1. The maximum atomic E-state index is 13.0. The third kappa shape index (κ3) is 4.62. The molecule has 0 spiro atoms. The maximum Gasteiger partial charge on any atom is 0.253 e. The number of rotatable bonds is 5. The average Bonchev–Trinajstić information content (AvgIpc) is 2.93. The SMILES string of the molecule is COc1ccc(-c2ccc(N3CCN(C(=O)c4ccc(-c5ccccc5)cc4)CC3)nn2)cc1. The van der Waals surface area contributed by atoms with E-state index in [0.29, 0.717) is 13.1 Å². The zero-order chi connectivity index (χ0) is 23.3. The molecule has 170 valence electrons. The Labute approximate surface area is 199 Å². The van der Waals surface area contributed by atoms with Crippen molar-refractivity contribution in [1.29, 1.82) is 0 Å². The fourth-order valence-electron chi connectivity index (χ4n) is 4.17. The van der Waals surface area contributed by atoms with E-state index in [2.05, 4.69) is 27.2 Å². The predicted molar refractivity (Wildman–Crippen MR) is 134 cm³/mol. The van der Waals surface area contributed by atoms with Gasteiger partial charge in [-0.1, -0.05) is 42.5 Å². The monoisotopic (exact) mass is 450 g/mol. The summed E-state index contributed by atoms with van der Waals surface area (Å²) < 4.78 is 5.21. The van der Waals surface area contributed by atoms with Crippen molar-refractivity contribution in [3.8, 4) is 28.1 Å². The van der Waals surface area contributed by atoms with Crippen LogP contribution in [0.15, 0.2) is 91.0 Å². The van der Waals surface area contributed by atoms with E-state index in [0.717, 1.165) is 52.6 Å². The number of hydrogen-bond acceptors (Lipinski definition) is 5. The van der Waals surface area contributed by atoms with E-state index in [1.807, 2.05) is 83.8 Å². The molecule has 0 saturated carbocycles. The molecule has 0 bridgehead atoms.